The Morgan fingerprint density at radius 3 is 1.90 bits per heavy atom. The number of halogens is 4. The topological polar surface area (TPSA) is 56.0 Å². The van der Waals surface area contributed by atoms with Gasteiger partial charge in [0.25, 0.3) is 0 Å². The van der Waals surface area contributed by atoms with Crippen LogP contribution in [0, 0.1) is 23.8 Å². The van der Waals surface area contributed by atoms with Gasteiger partial charge in [-0.2, -0.15) is 27.5 Å². The van der Waals surface area contributed by atoms with Gasteiger partial charge in [0.15, 0.2) is 4.96 Å². The van der Waals surface area contributed by atoms with Crippen LogP contribution in [0.15, 0.2) is 91.0 Å². The Hall–Kier alpha value is -5.22. The van der Waals surface area contributed by atoms with Crippen molar-refractivity contribution < 1.29 is 17.6 Å². The van der Waals surface area contributed by atoms with Gasteiger partial charge in [-0.25, -0.2) is 9.97 Å². The molecule has 0 saturated carbocycles. The third-order valence-corrected chi connectivity index (χ3v) is 8.25. The highest BCUT2D eigenvalue weighted by molar-refractivity contribution is 7.23. The van der Waals surface area contributed by atoms with E-state index >= 15 is 0 Å². The Morgan fingerprint density at radius 1 is 0.595 bits per heavy atom. The fourth-order valence-electron chi connectivity index (χ4n) is 5.40. The number of imidazole rings is 1. The number of para-hydroxylation sites is 2. The summed E-state index contributed by atoms with van der Waals surface area (Å²) in [6, 6.07) is 25.1. The van der Waals surface area contributed by atoms with Gasteiger partial charge in [-0.05, 0) is 71.8 Å². The number of hydrogen-bond donors (Lipinski definition) is 0. The van der Waals surface area contributed by atoms with E-state index in [1.807, 2.05) is 52.9 Å². The van der Waals surface area contributed by atoms with Gasteiger partial charge in [-0.3, -0.25) is 4.40 Å². The van der Waals surface area contributed by atoms with Crippen LogP contribution >= 0.6 is 11.3 Å². The van der Waals surface area contributed by atoms with E-state index in [1.165, 1.54) is 18.2 Å². The van der Waals surface area contributed by atoms with Crippen LogP contribution < -0.4 is 0 Å². The molecule has 0 bridgehead atoms. The maximum Gasteiger partial charge on any atom is 0.223 e. The van der Waals surface area contributed by atoms with Crippen LogP contribution in [-0.4, -0.2) is 24.3 Å². The monoisotopic (exact) mass is 577 g/mol. The molecule has 0 aliphatic rings. The molecule has 5 heterocycles. The van der Waals surface area contributed by atoms with E-state index in [9.17, 15) is 17.6 Å². The van der Waals surface area contributed by atoms with Crippen molar-refractivity contribution in [2.75, 3.05) is 0 Å². The fourth-order valence-corrected chi connectivity index (χ4v) is 6.43. The summed E-state index contributed by atoms with van der Waals surface area (Å²) >= 11 is 1.54. The quantitative estimate of drug-likeness (QED) is 0.156. The van der Waals surface area contributed by atoms with Crippen molar-refractivity contribution in [1.29, 1.82) is 0 Å². The summed E-state index contributed by atoms with van der Waals surface area (Å²) < 4.78 is 60.4. The second kappa shape index (κ2) is 9.15. The standard InChI is InChI=1S/C32H15F4N5S/c33-25-11-9-19(30(35)38-25)16-13-17(20-10-12-26(34)39-31(20)36)15-18(14-16)27-29-28(21-5-1-2-6-22(21)37-27)40-32-41(29)23-7-3-4-8-24(23)42-32/h1-15H. The number of hydrogen-bond acceptors (Lipinski definition) is 5. The maximum absolute atomic E-state index is 15.0. The van der Waals surface area contributed by atoms with Crippen molar-refractivity contribution in [3.05, 3.63) is 115 Å². The van der Waals surface area contributed by atoms with Crippen LogP contribution in [0.5, 0.6) is 0 Å². The van der Waals surface area contributed by atoms with Crippen LogP contribution in [0.4, 0.5) is 17.6 Å². The summed E-state index contributed by atoms with van der Waals surface area (Å²) in [6.45, 7) is 0. The zero-order valence-electron chi connectivity index (χ0n) is 21.3. The minimum Gasteiger partial charge on any atom is -0.281 e. The number of rotatable bonds is 3. The smallest absolute Gasteiger partial charge is 0.223 e. The van der Waals surface area contributed by atoms with Crippen molar-refractivity contribution in [2.45, 2.75) is 0 Å². The molecule has 8 aromatic rings. The van der Waals surface area contributed by atoms with Gasteiger partial charge < -0.3 is 0 Å². The summed E-state index contributed by atoms with van der Waals surface area (Å²) in [5, 5.41) is 0.857. The molecular formula is C32H15F4N5S. The number of pyridine rings is 3. The van der Waals surface area contributed by atoms with Crippen molar-refractivity contribution in [3.63, 3.8) is 0 Å². The average Bonchev–Trinajstić information content (AvgIpc) is 3.53. The normalized spacial score (nSPS) is 11.8. The van der Waals surface area contributed by atoms with Crippen LogP contribution in [0.3, 0.4) is 0 Å². The Labute approximate surface area is 238 Å². The minimum absolute atomic E-state index is 0.00595. The molecule has 0 fully saturated rings. The Morgan fingerprint density at radius 2 is 1.21 bits per heavy atom. The predicted molar refractivity (Wildman–Crippen MR) is 155 cm³/mol. The lowest BCUT2D eigenvalue weighted by Crippen LogP contribution is -1.97. The second-order valence-electron chi connectivity index (χ2n) is 9.72. The molecular weight excluding hydrogens is 562 g/mol. The first-order chi connectivity index (χ1) is 20.4. The number of nitrogens with zero attached hydrogens (tertiary/aromatic N) is 5. The van der Waals surface area contributed by atoms with Crippen LogP contribution in [-0.2, 0) is 0 Å². The molecule has 202 valence electrons. The molecule has 0 atom stereocenters. The molecule has 5 aromatic heterocycles. The summed E-state index contributed by atoms with van der Waals surface area (Å²) in [7, 11) is 0. The van der Waals surface area contributed by atoms with Gasteiger partial charge in [0.1, 0.15) is 11.0 Å². The molecule has 0 radical (unpaired) electrons. The first-order valence-corrected chi connectivity index (χ1v) is 13.6. The minimum atomic E-state index is -1.03. The molecule has 0 spiro atoms. The van der Waals surface area contributed by atoms with Crippen molar-refractivity contribution >= 4 is 48.5 Å². The number of aromatic nitrogens is 5. The van der Waals surface area contributed by atoms with E-state index in [-0.39, 0.29) is 11.1 Å². The molecule has 8 rings (SSSR count). The average molecular weight is 578 g/mol. The third kappa shape index (κ3) is 3.76. The van der Waals surface area contributed by atoms with Gasteiger partial charge in [0.2, 0.25) is 23.8 Å². The Balaban J connectivity index is 1.51. The fraction of sp³-hybridized carbons (Fsp3) is 0. The van der Waals surface area contributed by atoms with Gasteiger partial charge in [-0.1, -0.05) is 41.7 Å². The van der Waals surface area contributed by atoms with Gasteiger partial charge in [0.05, 0.1) is 21.4 Å². The molecule has 0 saturated heterocycles. The predicted octanol–water partition coefficient (Wildman–Crippen LogP) is 8.60. The summed E-state index contributed by atoms with van der Waals surface area (Å²) in [6.07, 6.45) is 0. The van der Waals surface area contributed by atoms with Crippen LogP contribution in [0.25, 0.3) is 70.6 Å². The highest BCUT2D eigenvalue weighted by Gasteiger charge is 2.22. The molecule has 3 aromatic carbocycles. The van der Waals surface area contributed by atoms with E-state index in [1.54, 1.807) is 23.5 Å². The van der Waals surface area contributed by atoms with E-state index in [2.05, 4.69) is 9.97 Å². The Kier molecular flexibility index (Phi) is 5.35. The number of benzene rings is 3. The summed E-state index contributed by atoms with van der Waals surface area (Å²) in [4.78, 5) is 17.5. The highest BCUT2D eigenvalue weighted by atomic mass is 32.1. The third-order valence-electron chi connectivity index (χ3n) is 7.23. The number of thiazole rings is 1. The zero-order valence-corrected chi connectivity index (χ0v) is 22.1. The first-order valence-electron chi connectivity index (χ1n) is 12.8. The lowest BCUT2D eigenvalue weighted by Gasteiger charge is -2.13. The Bertz CT molecular complexity index is 2300. The summed E-state index contributed by atoms with van der Waals surface area (Å²) in [5.41, 5.74) is 4.73. The second-order valence-corrected chi connectivity index (χ2v) is 10.7. The molecule has 5 nitrogen and oxygen atoms in total. The lowest BCUT2D eigenvalue weighted by atomic mass is 9.95. The van der Waals surface area contributed by atoms with Gasteiger partial charge in [0, 0.05) is 22.1 Å². The lowest BCUT2D eigenvalue weighted by molar-refractivity contribution is 0.515. The molecule has 0 aliphatic carbocycles. The number of fused-ring (bicyclic) bond motifs is 7. The van der Waals surface area contributed by atoms with E-state index in [0.717, 1.165) is 43.7 Å². The van der Waals surface area contributed by atoms with Gasteiger partial charge >= 0.3 is 0 Å². The van der Waals surface area contributed by atoms with Crippen molar-refractivity contribution in [3.8, 4) is 33.5 Å². The maximum atomic E-state index is 15.0. The van der Waals surface area contributed by atoms with E-state index in [4.69, 9.17) is 9.97 Å². The highest BCUT2D eigenvalue weighted by Crippen LogP contribution is 2.40. The van der Waals surface area contributed by atoms with E-state index < -0.39 is 23.8 Å². The van der Waals surface area contributed by atoms with Gasteiger partial charge in [-0.15, -0.1) is 0 Å². The van der Waals surface area contributed by atoms with Crippen LogP contribution in [0.2, 0.25) is 0 Å². The molecule has 10 heteroatoms. The summed E-state index contributed by atoms with van der Waals surface area (Å²) in [5.74, 6) is -3.98. The van der Waals surface area contributed by atoms with Crippen molar-refractivity contribution in [2.24, 2.45) is 0 Å². The molecule has 42 heavy (non-hydrogen) atoms. The zero-order chi connectivity index (χ0) is 28.5. The SMILES string of the molecule is Fc1ccc(-c2cc(-c3ccc(F)nc3F)cc(-c3nc4ccccc4c4nc5sc6ccccc6n5c34)c2)c(F)n1. The first kappa shape index (κ1) is 24.6. The molecule has 0 unspecified atom stereocenters. The van der Waals surface area contributed by atoms with Crippen LogP contribution in [0.1, 0.15) is 0 Å². The molecule has 0 amide bonds. The molecule has 0 N–H and O–H groups in total. The van der Waals surface area contributed by atoms with Crippen molar-refractivity contribution in [1.82, 2.24) is 24.3 Å². The van der Waals surface area contributed by atoms with E-state index in [0.29, 0.717) is 27.9 Å². The molecule has 0 aliphatic heterocycles. The largest absolute Gasteiger partial charge is 0.281 e.